The summed E-state index contributed by atoms with van der Waals surface area (Å²) in [6.07, 6.45) is 1.71. The molecule has 1 aromatic carbocycles. The Hall–Kier alpha value is -1.72. The van der Waals surface area contributed by atoms with Crippen molar-refractivity contribution in [2.75, 3.05) is 5.32 Å². The third-order valence-electron chi connectivity index (χ3n) is 3.79. The maximum atomic E-state index is 12.7. The number of halogens is 3. The van der Waals surface area contributed by atoms with Crippen LogP contribution in [0.1, 0.15) is 54.4 Å². The molecule has 21 heavy (non-hydrogen) atoms. The van der Waals surface area contributed by atoms with E-state index in [4.69, 9.17) is 5.11 Å². The van der Waals surface area contributed by atoms with E-state index in [0.717, 1.165) is 44.6 Å². The van der Waals surface area contributed by atoms with Gasteiger partial charge < -0.3 is 10.4 Å². The van der Waals surface area contributed by atoms with E-state index < -0.39 is 17.7 Å². The summed E-state index contributed by atoms with van der Waals surface area (Å²) in [4.78, 5) is 11.2. The van der Waals surface area contributed by atoms with Gasteiger partial charge in [-0.2, -0.15) is 13.2 Å². The van der Waals surface area contributed by atoms with Crippen LogP contribution in [-0.2, 0) is 6.18 Å². The third kappa shape index (κ3) is 4.12. The van der Waals surface area contributed by atoms with Crippen molar-refractivity contribution in [2.45, 2.75) is 50.7 Å². The Morgan fingerprint density at radius 2 is 1.76 bits per heavy atom. The summed E-state index contributed by atoms with van der Waals surface area (Å²) in [5.74, 6) is -1.35. The van der Waals surface area contributed by atoms with Gasteiger partial charge in [0, 0.05) is 11.7 Å². The van der Waals surface area contributed by atoms with Gasteiger partial charge in [-0.25, -0.2) is 4.79 Å². The molecule has 2 N–H and O–H groups in total. The van der Waals surface area contributed by atoms with Crippen LogP contribution >= 0.6 is 0 Å². The number of carboxylic acids is 1. The molecule has 0 aromatic heterocycles. The molecule has 0 unspecified atom stereocenters. The molecule has 1 aliphatic rings. The van der Waals surface area contributed by atoms with Crippen LogP contribution in [0.4, 0.5) is 18.9 Å². The van der Waals surface area contributed by atoms with Gasteiger partial charge in [0.25, 0.3) is 0 Å². The lowest BCUT2D eigenvalue weighted by Gasteiger charge is -2.20. The summed E-state index contributed by atoms with van der Waals surface area (Å²) in [6, 6.07) is 2.96. The number of rotatable bonds is 3. The molecule has 0 bridgehead atoms. The molecular weight excluding hydrogens is 283 g/mol. The molecule has 116 valence electrons. The summed E-state index contributed by atoms with van der Waals surface area (Å²) in [6.45, 7) is 0. The first kappa shape index (κ1) is 15.7. The van der Waals surface area contributed by atoms with Crippen LogP contribution in [0.2, 0.25) is 0 Å². The molecule has 6 heteroatoms. The summed E-state index contributed by atoms with van der Waals surface area (Å²) >= 11 is 0. The smallest absolute Gasteiger partial charge is 0.416 e. The normalized spacial score (nSPS) is 17.3. The number of alkyl halides is 3. The summed E-state index contributed by atoms with van der Waals surface area (Å²) < 4.78 is 38.0. The number of hydrogen-bond donors (Lipinski definition) is 2. The zero-order valence-corrected chi connectivity index (χ0v) is 11.5. The Balaban J connectivity index is 2.24. The van der Waals surface area contributed by atoms with E-state index in [9.17, 15) is 18.0 Å². The first-order valence-electron chi connectivity index (χ1n) is 7.09. The highest BCUT2D eigenvalue weighted by atomic mass is 19.4. The highest BCUT2D eigenvalue weighted by molar-refractivity contribution is 5.94. The van der Waals surface area contributed by atoms with Gasteiger partial charge in [-0.3, -0.25) is 0 Å². The van der Waals surface area contributed by atoms with Crippen molar-refractivity contribution < 1.29 is 23.1 Å². The molecular formula is C15H18F3NO2. The Labute approximate surface area is 121 Å². The molecule has 0 aliphatic heterocycles. The maximum Gasteiger partial charge on any atom is 0.416 e. The van der Waals surface area contributed by atoms with E-state index in [1.807, 2.05) is 0 Å². The van der Waals surface area contributed by atoms with Gasteiger partial charge in [-0.1, -0.05) is 25.7 Å². The third-order valence-corrected chi connectivity index (χ3v) is 3.79. The van der Waals surface area contributed by atoms with Crippen LogP contribution in [0.15, 0.2) is 18.2 Å². The van der Waals surface area contributed by atoms with Crippen molar-refractivity contribution in [2.24, 2.45) is 0 Å². The van der Waals surface area contributed by atoms with Crippen LogP contribution in [-0.4, -0.2) is 17.1 Å². The summed E-state index contributed by atoms with van der Waals surface area (Å²) in [5, 5.41) is 12.2. The van der Waals surface area contributed by atoms with Crippen LogP contribution in [0, 0.1) is 0 Å². The van der Waals surface area contributed by atoms with Crippen molar-refractivity contribution in [3.8, 4) is 0 Å². The minimum absolute atomic E-state index is 0.127. The molecule has 1 aliphatic carbocycles. The van der Waals surface area contributed by atoms with Gasteiger partial charge in [0.05, 0.1) is 11.1 Å². The van der Waals surface area contributed by atoms with Crippen LogP contribution < -0.4 is 5.32 Å². The van der Waals surface area contributed by atoms with Crippen molar-refractivity contribution in [1.29, 1.82) is 0 Å². The van der Waals surface area contributed by atoms with E-state index in [0.29, 0.717) is 6.07 Å². The van der Waals surface area contributed by atoms with Crippen molar-refractivity contribution in [3.63, 3.8) is 0 Å². The fourth-order valence-electron chi connectivity index (χ4n) is 2.67. The second-order valence-corrected chi connectivity index (χ2v) is 5.40. The molecule has 0 spiro atoms. The zero-order chi connectivity index (χ0) is 15.5. The van der Waals surface area contributed by atoms with Crippen LogP contribution in [0.3, 0.4) is 0 Å². The molecule has 3 nitrogen and oxygen atoms in total. The van der Waals surface area contributed by atoms with Crippen molar-refractivity contribution in [3.05, 3.63) is 29.3 Å². The van der Waals surface area contributed by atoms with Gasteiger partial charge >= 0.3 is 12.1 Å². The lowest BCUT2D eigenvalue weighted by molar-refractivity contribution is -0.137. The second kappa shape index (κ2) is 6.37. The average Bonchev–Trinajstić information content (AvgIpc) is 2.66. The topological polar surface area (TPSA) is 49.3 Å². The predicted octanol–water partition coefficient (Wildman–Crippen LogP) is 4.54. The Morgan fingerprint density at radius 3 is 2.29 bits per heavy atom. The van der Waals surface area contributed by atoms with Gasteiger partial charge in [0.15, 0.2) is 0 Å². The fourth-order valence-corrected chi connectivity index (χ4v) is 2.67. The lowest BCUT2D eigenvalue weighted by atomic mass is 10.0. The maximum absolute atomic E-state index is 12.7. The molecule has 1 aromatic rings. The standard InChI is InChI=1S/C15H18F3NO2/c16-15(17,18)10-7-8-13(12(9-10)14(20)21)19-11-5-3-1-2-4-6-11/h7-9,11,19H,1-6H2,(H,20,21). The first-order valence-corrected chi connectivity index (χ1v) is 7.09. The van der Waals surface area contributed by atoms with Crippen molar-refractivity contribution >= 4 is 11.7 Å². The minimum Gasteiger partial charge on any atom is -0.478 e. The Morgan fingerprint density at radius 1 is 1.14 bits per heavy atom. The quantitative estimate of drug-likeness (QED) is 0.806. The van der Waals surface area contributed by atoms with E-state index in [-0.39, 0.29) is 17.3 Å². The first-order chi connectivity index (χ1) is 9.88. The van der Waals surface area contributed by atoms with E-state index >= 15 is 0 Å². The number of carbonyl (C=O) groups is 1. The number of aromatic carboxylic acids is 1. The van der Waals surface area contributed by atoms with Gasteiger partial charge in [0.2, 0.25) is 0 Å². The number of carboxylic acid groups (broad SMARTS) is 1. The highest BCUT2D eigenvalue weighted by Crippen LogP contribution is 2.32. The largest absolute Gasteiger partial charge is 0.478 e. The molecule has 1 saturated carbocycles. The molecule has 0 radical (unpaired) electrons. The van der Waals surface area contributed by atoms with Gasteiger partial charge in [0.1, 0.15) is 0 Å². The SMILES string of the molecule is O=C(O)c1cc(C(F)(F)F)ccc1NC1CCCCCC1. The average molecular weight is 301 g/mol. The van der Waals surface area contributed by atoms with E-state index in [1.54, 1.807) is 0 Å². The molecule has 0 atom stereocenters. The number of hydrogen-bond acceptors (Lipinski definition) is 2. The Kier molecular flexibility index (Phi) is 4.75. The monoisotopic (exact) mass is 301 g/mol. The summed E-state index contributed by atoms with van der Waals surface area (Å²) in [5.41, 5.74) is -0.997. The second-order valence-electron chi connectivity index (χ2n) is 5.40. The number of anilines is 1. The predicted molar refractivity (Wildman–Crippen MR) is 73.5 cm³/mol. The zero-order valence-electron chi connectivity index (χ0n) is 11.5. The van der Waals surface area contributed by atoms with E-state index in [1.165, 1.54) is 6.07 Å². The van der Waals surface area contributed by atoms with Crippen LogP contribution in [0.25, 0.3) is 0 Å². The fraction of sp³-hybridized carbons (Fsp3) is 0.533. The molecule has 0 amide bonds. The number of benzene rings is 1. The molecule has 0 heterocycles. The number of nitrogens with one attached hydrogen (secondary N) is 1. The Bertz CT molecular complexity index is 506. The summed E-state index contributed by atoms with van der Waals surface area (Å²) in [7, 11) is 0. The molecule has 1 fully saturated rings. The van der Waals surface area contributed by atoms with Gasteiger partial charge in [-0.15, -0.1) is 0 Å². The van der Waals surface area contributed by atoms with Gasteiger partial charge in [-0.05, 0) is 31.0 Å². The molecule has 0 saturated heterocycles. The molecule has 2 rings (SSSR count). The highest BCUT2D eigenvalue weighted by Gasteiger charge is 2.32. The van der Waals surface area contributed by atoms with Crippen LogP contribution in [0.5, 0.6) is 0 Å². The minimum atomic E-state index is -4.54. The lowest BCUT2D eigenvalue weighted by Crippen LogP contribution is -2.20. The van der Waals surface area contributed by atoms with Crippen molar-refractivity contribution in [1.82, 2.24) is 0 Å². The van der Waals surface area contributed by atoms with E-state index in [2.05, 4.69) is 5.32 Å².